The number of halogens is 1. The van der Waals surface area contributed by atoms with Gasteiger partial charge in [0.05, 0.1) is 0 Å². The Morgan fingerprint density at radius 3 is 2.37 bits per heavy atom. The van der Waals surface area contributed by atoms with E-state index in [1.54, 1.807) is 12.1 Å². The van der Waals surface area contributed by atoms with Crippen molar-refractivity contribution in [2.75, 3.05) is 6.61 Å². The molecule has 0 unspecified atom stereocenters. The highest BCUT2D eigenvalue weighted by Crippen LogP contribution is 2.27. The van der Waals surface area contributed by atoms with Gasteiger partial charge in [0, 0.05) is 24.5 Å². The van der Waals surface area contributed by atoms with Crippen molar-refractivity contribution in [1.82, 2.24) is 4.57 Å². The second kappa shape index (κ2) is 6.02. The Bertz CT molecular complexity index is 528. The highest BCUT2D eigenvalue weighted by atomic mass is 19.1. The lowest BCUT2D eigenvalue weighted by Gasteiger charge is -2.15. The summed E-state index contributed by atoms with van der Waals surface area (Å²) in [6, 6.07) is 10.7. The highest BCUT2D eigenvalue weighted by molar-refractivity contribution is 5.61. The Kier molecular flexibility index (Phi) is 4.38. The highest BCUT2D eigenvalue weighted by Gasteiger charge is 2.12. The van der Waals surface area contributed by atoms with Gasteiger partial charge in [-0.25, -0.2) is 4.39 Å². The first-order chi connectivity index (χ1) is 9.13. The molecule has 0 spiro atoms. The number of aliphatic hydroxyl groups excluding tert-OH is 1. The van der Waals surface area contributed by atoms with Crippen molar-refractivity contribution in [3.8, 4) is 11.3 Å². The number of aliphatic hydroxyl groups is 1. The second-order valence-electron chi connectivity index (χ2n) is 5.03. The molecule has 1 aromatic heterocycles. The van der Waals surface area contributed by atoms with Gasteiger partial charge in [-0.2, -0.15) is 0 Å². The average Bonchev–Trinajstić information content (AvgIpc) is 2.81. The van der Waals surface area contributed by atoms with Crippen molar-refractivity contribution in [2.45, 2.75) is 32.7 Å². The number of aromatic nitrogens is 1. The summed E-state index contributed by atoms with van der Waals surface area (Å²) in [6.07, 6.45) is 0.725. The molecule has 0 atom stereocenters. The molecule has 0 fully saturated rings. The van der Waals surface area contributed by atoms with Crippen molar-refractivity contribution in [3.63, 3.8) is 0 Å². The van der Waals surface area contributed by atoms with E-state index in [1.807, 2.05) is 0 Å². The maximum atomic E-state index is 13.0. The molecule has 0 aliphatic carbocycles. The molecule has 0 bridgehead atoms. The van der Waals surface area contributed by atoms with Gasteiger partial charge in [0.25, 0.3) is 0 Å². The molecule has 0 saturated heterocycles. The molecule has 1 heterocycles. The van der Waals surface area contributed by atoms with Crippen molar-refractivity contribution >= 4 is 0 Å². The average molecular weight is 261 g/mol. The molecule has 3 heteroatoms. The SMILES string of the molecule is CC(C)c1ccc(-c2ccc(F)cc2)n1CCCO. The van der Waals surface area contributed by atoms with Gasteiger partial charge in [0.1, 0.15) is 5.82 Å². The molecule has 2 aromatic rings. The molecule has 0 radical (unpaired) electrons. The number of hydrogen-bond donors (Lipinski definition) is 1. The minimum Gasteiger partial charge on any atom is -0.396 e. The van der Waals surface area contributed by atoms with Crippen LogP contribution in [0.5, 0.6) is 0 Å². The topological polar surface area (TPSA) is 25.2 Å². The lowest BCUT2D eigenvalue weighted by Crippen LogP contribution is -2.07. The maximum absolute atomic E-state index is 13.0. The molecule has 1 aromatic carbocycles. The Morgan fingerprint density at radius 1 is 1.11 bits per heavy atom. The lowest BCUT2D eigenvalue weighted by atomic mass is 10.1. The summed E-state index contributed by atoms with van der Waals surface area (Å²) < 4.78 is 15.2. The molecular formula is C16H20FNO. The van der Waals surface area contributed by atoms with Crippen LogP contribution in [0.3, 0.4) is 0 Å². The summed E-state index contributed by atoms with van der Waals surface area (Å²) in [7, 11) is 0. The molecular weight excluding hydrogens is 241 g/mol. The van der Waals surface area contributed by atoms with Crippen LogP contribution in [0.2, 0.25) is 0 Å². The molecule has 2 rings (SSSR count). The van der Waals surface area contributed by atoms with E-state index in [9.17, 15) is 4.39 Å². The summed E-state index contributed by atoms with van der Waals surface area (Å²) in [5.74, 6) is 0.203. The van der Waals surface area contributed by atoms with Crippen molar-refractivity contribution in [1.29, 1.82) is 0 Å². The van der Waals surface area contributed by atoms with Crippen LogP contribution in [0.1, 0.15) is 31.9 Å². The summed E-state index contributed by atoms with van der Waals surface area (Å²) in [4.78, 5) is 0. The second-order valence-corrected chi connectivity index (χ2v) is 5.03. The van der Waals surface area contributed by atoms with Crippen LogP contribution >= 0.6 is 0 Å². The Morgan fingerprint density at radius 2 is 1.79 bits per heavy atom. The van der Waals surface area contributed by atoms with Gasteiger partial charge < -0.3 is 9.67 Å². The van der Waals surface area contributed by atoms with Gasteiger partial charge >= 0.3 is 0 Å². The fourth-order valence-electron chi connectivity index (χ4n) is 2.34. The lowest BCUT2D eigenvalue weighted by molar-refractivity contribution is 0.279. The minimum atomic E-state index is -0.221. The van der Waals surface area contributed by atoms with E-state index in [2.05, 4.69) is 30.5 Å². The third kappa shape index (κ3) is 3.04. The monoisotopic (exact) mass is 261 g/mol. The van der Waals surface area contributed by atoms with Crippen LogP contribution in [-0.4, -0.2) is 16.3 Å². The van der Waals surface area contributed by atoms with E-state index in [4.69, 9.17) is 5.11 Å². The van der Waals surface area contributed by atoms with Crippen LogP contribution in [0.25, 0.3) is 11.3 Å². The van der Waals surface area contributed by atoms with Crippen molar-refractivity contribution in [2.24, 2.45) is 0 Å². The molecule has 2 nitrogen and oxygen atoms in total. The van der Waals surface area contributed by atoms with Gasteiger partial charge in [-0.3, -0.25) is 0 Å². The Labute approximate surface area is 113 Å². The summed E-state index contributed by atoms with van der Waals surface area (Å²) in [5, 5.41) is 9.03. The summed E-state index contributed by atoms with van der Waals surface area (Å²) in [6.45, 7) is 5.26. The molecule has 19 heavy (non-hydrogen) atoms. The first-order valence-electron chi connectivity index (χ1n) is 6.69. The largest absolute Gasteiger partial charge is 0.396 e. The Hall–Kier alpha value is -1.61. The smallest absolute Gasteiger partial charge is 0.123 e. The van der Waals surface area contributed by atoms with Gasteiger partial charge in [-0.05, 0) is 54.3 Å². The Balaban J connectivity index is 2.41. The molecule has 0 saturated carbocycles. The minimum absolute atomic E-state index is 0.179. The van der Waals surface area contributed by atoms with Crippen LogP contribution in [0, 0.1) is 5.82 Å². The third-order valence-corrected chi connectivity index (χ3v) is 3.29. The molecule has 0 aliphatic heterocycles. The zero-order valence-corrected chi connectivity index (χ0v) is 11.4. The number of nitrogens with zero attached hydrogens (tertiary/aromatic N) is 1. The molecule has 1 N–H and O–H groups in total. The van der Waals surface area contributed by atoms with Crippen molar-refractivity contribution in [3.05, 3.63) is 47.9 Å². The first-order valence-corrected chi connectivity index (χ1v) is 6.69. The van der Waals surface area contributed by atoms with E-state index >= 15 is 0 Å². The van der Waals surface area contributed by atoms with Gasteiger partial charge in [0.2, 0.25) is 0 Å². The first kappa shape index (κ1) is 13.8. The van der Waals surface area contributed by atoms with E-state index in [0.717, 1.165) is 24.2 Å². The van der Waals surface area contributed by atoms with Crippen LogP contribution < -0.4 is 0 Å². The molecule has 0 aliphatic rings. The predicted molar refractivity (Wildman–Crippen MR) is 75.6 cm³/mol. The van der Waals surface area contributed by atoms with Crippen molar-refractivity contribution < 1.29 is 9.50 Å². The van der Waals surface area contributed by atoms with Gasteiger partial charge in [0.15, 0.2) is 0 Å². The van der Waals surface area contributed by atoms with E-state index < -0.39 is 0 Å². The number of benzene rings is 1. The quantitative estimate of drug-likeness (QED) is 0.870. The number of hydrogen-bond acceptors (Lipinski definition) is 1. The standard InChI is InChI=1S/C16H20FNO/c1-12(2)15-8-9-16(18(15)10-3-11-19)13-4-6-14(17)7-5-13/h4-9,12,19H,3,10-11H2,1-2H3. The fraction of sp³-hybridized carbons (Fsp3) is 0.375. The third-order valence-electron chi connectivity index (χ3n) is 3.29. The summed E-state index contributed by atoms with van der Waals surface area (Å²) in [5.41, 5.74) is 3.33. The summed E-state index contributed by atoms with van der Waals surface area (Å²) >= 11 is 0. The molecule has 102 valence electrons. The van der Waals surface area contributed by atoms with Gasteiger partial charge in [-0.15, -0.1) is 0 Å². The van der Waals surface area contributed by atoms with E-state index in [1.165, 1.54) is 17.8 Å². The number of rotatable bonds is 5. The van der Waals surface area contributed by atoms with Crippen LogP contribution in [-0.2, 0) is 6.54 Å². The predicted octanol–water partition coefficient (Wildman–Crippen LogP) is 3.80. The van der Waals surface area contributed by atoms with Crippen LogP contribution in [0.15, 0.2) is 36.4 Å². The normalized spacial score (nSPS) is 11.2. The van der Waals surface area contributed by atoms with E-state index in [0.29, 0.717) is 5.92 Å². The zero-order chi connectivity index (χ0) is 13.8. The van der Waals surface area contributed by atoms with Crippen LogP contribution in [0.4, 0.5) is 4.39 Å². The maximum Gasteiger partial charge on any atom is 0.123 e. The fourth-order valence-corrected chi connectivity index (χ4v) is 2.34. The zero-order valence-electron chi connectivity index (χ0n) is 11.4. The van der Waals surface area contributed by atoms with Gasteiger partial charge in [-0.1, -0.05) is 13.8 Å². The molecule has 0 amide bonds. The van der Waals surface area contributed by atoms with E-state index in [-0.39, 0.29) is 12.4 Å².